The van der Waals surface area contributed by atoms with Gasteiger partial charge in [0.1, 0.15) is 5.75 Å². The van der Waals surface area contributed by atoms with Crippen molar-refractivity contribution in [1.29, 1.82) is 0 Å². The van der Waals surface area contributed by atoms with Crippen molar-refractivity contribution in [2.75, 3.05) is 13.1 Å². The summed E-state index contributed by atoms with van der Waals surface area (Å²) in [6.45, 7) is 6.41. The Balaban J connectivity index is 2.00. The van der Waals surface area contributed by atoms with E-state index in [1.807, 2.05) is 0 Å². The molecular weight excluding hydrogens is 198 g/mol. The third-order valence-corrected chi connectivity index (χ3v) is 3.06. The predicted octanol–water partition coefficient (Wildman–Crippen LogP) is 2.94. The van der Waals surface area contributed by atoms with E-state index >= 15 is 0 Å². The van der Waals surface area contributed by atoms with Crippen molar-refractivity contribution in [2.45, 2.75) is 38.7 Å². The van der Waals surface area contributed by atoms with E-state index in [1.54, 1.807) is 0 Å². The number of rotatable bonds is 3. The maximum atomic E-state index is 5.64. The molecule has 2 rings (SSSR count). The summed E-state index contributed by atoms with van der Waals surface area (Å²) in [7, 11) is 0. The van der Waals surface area contributed by atoms with Crippen LogP contribution in [-0.4, -0.2) is 19.2 Å². The van der Waals surface area contributed by atoms with E-state index in [4.69, 9.17) is 4.74 Å². The summed E-state index contributed by atoms with van der Waals surface area (Å²) in [5.74, 6) is 1.71. The summed E-state index contributed by atoms with van der Waals surface area (Å²) in [6, 6.07) is 8.62. The fourth-order valence-corrected chi connectivity index (χ4v) is 2.25. The number of ether oxygens (including phenoxy) is 1. The smallest absolute Gasteiger partial charge is 0.119 e. The van der Waals surface area contributed by atoms with Crippen molar-refractivity contribution in [3.63, 3.8) is 0 Å². The summed E-state index contributed by atoms with van der Waals surface area (Å²) in [5, 5.41) is 3.40. The van der Waals surface area contributed by atoms with E-state index in [0.717, 1.165) is 24.8 Å². The number of nitrogens with one attached hydrogen (secondary N) is 1. The zero-order valence-corrected chi connectivity index (χ0v) is 10.2. The molecule has 0 bridgehead atoms. The van der Waals surface area contributed by atoms with Crippen molar-refractivity contribution in [1.82, 2.24) is 5.32 Å². The average Bonchev–Trinajstić information content (AvgIpc) is 2.30. The molecule has 1 N–H and O–H groups in total. The van der Waals surface area contributed by atoms with E-state index < -0.39 is 0 Å². The van der Waals surface area contributed by atoms with Gasteiger partial charge in [-0.1, -0.05) is 12.1 Å². The summed E-state index contributed by atoms with van der Waals surface area (Å²) < 4.78 is 5.64. The lowest BCUT2D eigenvalue weighted by Crippen LogP contribution is -2.26. The second-order valence-corrected chi connectivity index (χ2v) is 4.76. The second-order valence-electron chi connectivity index (χ2n) is 4.76. The van der Waals surface area contributed by atoms with E-state index in [9.17, 15) is 0 Å². The van der Waals surface area contributed by atoms with Gasteiger partial charge in [0.05, 0.1) is 6.10 Å². The maximum absolute atomic E-state index is 5.64. The highest BCUT2D eigenvalue weighted by Crippen LogP contribution is 2.26. The second kappa shape index (κ2) is 5.35. The fraction of sp³-hybridized carbons (Fsp3) is 0.571. The van der Waals surface area contributed by atoms with Gasteiger partial charge in [0.15, 0.2) is 0 Å². The zero-order chi connectivity index (χ0) is 11.4. The van der Waals surface area contributed by atoms with Crippen molar-refractivity contribution in [3.8, 4) is 5.75 Å². The summed E-state index contributed by atoms with van der Waals surface area (Å²) in [4.78, 5) is 0. The first-order valence-corrected chi connectivity index (χ1v) is 6.23. The van der Waals surface area contributed by atoms with E-state index in [-0.39, 0.29) is 6.10 Å². The van der Waals surface area contributed by atoms with Crippen LogP contribution in [0.1, 0.15) is 38.2 Å². The Kier molecular flexibility index (Phi) is 3.83. The molecule has 1 aromatic carbocycles. The molecule has 0 saturated carbocycles. The van der Waals surface area contributed by atoms with Gasteiger partial charge >= 0.3 is 0 Å². The van der Waals surface area contributed by atoms with Crippen molar-refractivity contribution in [2.24, 2.45) is 0 Å². The zero-order valence-electron chi connectivity index (χ0n) is 10.2. The molecule has 2 heteroatoms. The largest absolute Gasteiger partial charge is 0.491 e. The maximum Gasteiger partial charge on any atom is 0.119 e. The molecule has 0 radical (unpaired) electrons. The van der Waals surface area contributed by atoms with Crippen LogP contribution in [0.5, 0.6) is 5.75 Å². The molecule has 1 aliphatic heterocycles. The van der Waals surface area contributed by atoms with E-state index in [0.29, 0.717) is 0 Å². The van der Waals surface area contributed by atoms with Crippen LogP contribution in [0.3, 0.4) is 0 Å². The van der Waals surface area contributed by atoms with Crippen LogP contribution >= 0.6 is 0 Å². The Morgan fingerprint density at radius 1 is 1.12 bits per heavy atom. The summed E-state index contributed by atoms with van der Waals surface area (Å²) in [6.07, 6.45) is 2.76. The molecule has 0 spiro atoms. The van der Waals surface area contributed by atoms with Crippen LogP contribution in [0.25, 0.3) is 0 Å². The molecular formula is C14H21NO. The minimum Gasteiger partial charge on any atom is -0.491 e. The third kappa shape index (κ3) is 2.99. The molecule has 16 heavy (non-hydrogen) atoms. The molecule has 0 aromatic heterocycles. The molecule has 1 saturated heterocycles. The lowest BCUT2D eigenvalue weighted by atomic mass is 9.90. The molecule has 1 aliphatic rings. The first kappa shape index (κ1) is 11.5. The predicted molar refractivity (Wildman–Crippen MR) is 67.1 cm³/mol. The lowest BCUT2D eigenvalue weighted by Gasteiger charge is -2.23. The lowest BCUT2D eigenvalue weighted by molar-refractivity contribution is 0.242. The highest BCUT2D eigenvalue weighted by atomic mass is 16.5. The monoisotopic (exact) mass is 219 g/mol. The van der Waals surface area contributed by atoms with Crippen LogP contribution in [0, 0.1) is 0 Å². The topological polar surface area (TPSA) is 21.3 Å². The minimum absolute atomic E-state index is 0.254. The molecule has 1 heterocycles. The Bertz CT molecular complexity index is 312. The van der Waals surface area contributed by atoms with Gasteiger partial charge in [-0.2, -0.15) is 0 Å². The Labute approximate surface area is 98.0 Å². The average molecular weight is 219 g/mol. The van der Waals surface area contributed by atoms with Gasteiger partial charge in [-0.15, -0.1) is 0 Å². The van der Waals surface area contributed by atoms with Gasteiger partial charge in [0.25, 0.3) is 0 Å². The first-order chi connectivity index (χ1) is 7.75. The highest BCUT2D eigenvalue weighted by molar-refractivity contribution is 5.29. The van der Waals surface area contributed by atoms with Crippen LogP contribution in [0.4, 0.5) is 0 Å². The number of piperidine rings is 1. The standard InChI is InChI=1S/C14H21NO/c1-11(2)16-14-5-3-12(4-6-14)13-7-9-15-10-8-13/h3-6,11,13,15H,7-10H2,1-2H3. The van der Waals surface area contributed by atoms with Gasteiger partial charge in [0.2, 0.25) is 0 Å². The highest BCUT2D eigenvalue weighted by Gasteiger charge is 2.14. The summed E-state index contributed by atoms with van der Waals surface area (Å²) in [5.41, 5.74) is 1.46. The quantitative estimate of drug-likeness (QED) is 0.844. The van der Waals surface area contributed by atoms with Crippen molar-refractivity contribution < 1.29 is 4.74 Å². The van der Waals surface area contributed by atoms with E-state index in [1.165, 1.54) is 18.4 Å². The molecule has 2 nitrogen and oxygen atoms in total. The molecule has 0 amide bonds. The Morgan fingerprint density at radius 3 is 2.31 bits per heavy atom. The molecule has 1 fully saturated rings. The number of hydrogen-bond acceptors (Lipinski definition) is 2. The molecule has 0 atom stereocenters. The van der Waals surface area contributed by atoms with Crippen LogP contribution in [0.15, 0.2) is 24.3 Å². The molecule has 88 valence electrons. The molecule has 0 aliphatic carbocycles. The van der Waals surface area contributed by atoms with Crippen molar-refractivity contribution >= 4 is 0 Å². The van der Waals surface area contributed by atoms with E-state index in [2.05, 4.69) is 43.4 Å². The third-order valence-electron chi connectivity index (χ3n) is 3.06. The molecule has 1 aromatic rings. The number of benzene rings is 1. The minimum atomic E-state index is 0.254. The summed E-state index contributed by atoms with van der Waals surface area (Å²) >= 11 is 0. The van der Waals surface area contributed by atoms with Crippen LogP contribution in [-0.2, 0) is 0 Å². The van der Waals surface area contributed by atoms with Gasteiger partial charge in [0, 0.05) is 0 Å². The van der Waals surface area contributed by atoms with Gasteiger partial charge in [-0.25, -0.2) is 0 Å². The Morgan fingerprint density at radius 2 is 1.75 bits per heavy atom. The Hall–Kier alpha value is -1.02. The van der Waals surface area contributed by atoms with Crippen LogP contribution < -0.4 is 10.1 Å². The fourth-order valence-electron chi connectivity index (χ4n) is 2.25. The number of hydrogen-bond donors (Lipinski definition) is 1. The molecule has 0 unspecified atom stereocenters. The van der Waals surface area contributed by atoms with Crippen LogP contribution in [0.2, 0.25) is 0 Å². The van der Waals surface area contributed by atoms with Gasteiger partial charge in [-0.3, -0.25) is 0 Å². The van der Waals surface area contributed by atoms with Gasteiger partial charge < -0.3 is 10.1 Å². The normalized spacial score (nSPS) is 17.7. The first-order valence-electron chi connectivity index (χ1n) is 6.23. The van der Waals surface area contributed by atoms with Crippen molar-refractivity contribution in [3.05, 3.63) is 29.8 Å². The van der Waals surface area contributed by atoms with Gasteiger partial charge in [-0.05, 0) is 63.4 Å². The SMILES string of the molecule is CC(C)Oc1ccc(C2CCNCC2)cc1.